The number of aromatic nitrogens is 2. The molecule has 0 amide bonds. The summed E-state index contributed by atoms with van der Waals surface area (Å²) >= 11 is 0. The van der Waals surface area contributed by atoms with E-state index < -0.39 is 11.9 Å². The van der Waals surface area contributed by atoms with Crippen molar-refractivity contribution in [2.45, 2.75) is 12.8 Å². The molecule has 1 unspecified atom stereocenters. The number of aliphatic carboxylic acids is 1. The van der Waals surface area contributed by atoms with Crippen LogP contribution in [0.2, 0.25) is 0 Å². The molecule has 1 aromatic carbocycles. The lowest BCUT2D eigenvalue weighted by Gasteiger charge is -2.06. The van der Waals surface area contributed by atoms with Gasteiger partial charge in [-0.15, -0.1) is 0 Å². The zero-order chi connectivity index (χ0) is 12.4. The Labute approximate surface area is 98.1 Å². The molecule has 0 fully saturated rings. The van der Waals surface area contributed by atoms with Crippen LogP contribution in [0, 0.1) is 0 Å². The molecule has 0 aliphatic carbocycles. The van der Waals surface area contributed by atoms with Crippen LogP contribution in [-0.4, -0.2) is 28.2 Å². The van der Waals surface area contributed by atoms with Gasteiger partial charge in [-0.2, -0.15) is 0 Å². The molecule has 17 heavy (non-hydrogen) atoms. The molecule has 1 aromatic heterocycles. The summed E-state index contributed by atoms with van der Waals surface area (Å²) in [5.41, 5.74) is 0.712. The summed E-state index contributed by atoms with van der Waals surface area (Å²) in [7, 11) is 1.59. The van der Waals surface area contributed by atoms with Gasteiger partial charge in [0, 0.05) is 11.6 Å². The van der Waals surface area contributed by atoms with Gasteiger partial charge in [0.2, 0.25) is 0 Å². The molecule has 2 rings (SSSR count). The van der Waals surface area contributed by atoms with Crippen LogP contribution >= 0.6 is 0 Å². The molecule has 0 saturated heterocycles. The molecule has 5 heteroatoms. The number of ether oxygens (including phenoxy) is 1. The SMILES string of the molecule is COc1ccc2nc(C(C)C(=O)O)ncc2c1. The molecular weight excluding hydrogens is 220 g/mol. The first-order valence-corrected chi connectivity index (χ1v) is 5.15. The van der Waals surface area contributed by atoms with Crippen molar-refractivity contribution in [3.05, 3.63) is 30.2 Å². The van der Waals surface area contributed by atoms with E-state index >= 15 is 0 Å². The van der Waals surface area contributed by atoms with Gasteiger partial charge in [-0.05, 0) is 25.1 Å². The minimum Gasteiger partial charge on any atom is -0.497 e. The topological polar surface area (TPSA) is 72.3 Å². The van der Waals surface area contributed by atoms with E-state index in [1.165, 1.54) is 0 Å². The first-order chi connectivity index (χ1) is 8.11. The van der Waals surface area contributed by atoms with E-state index in [9.17, 15) is 4.79 Å². The van der Waals surface area contributed by atoms with Gasteiger partial charge < -0.3 is 9.84 Å². The number of rotatable bonds is 3. The fraction of sp³-hybridized carbons (Fsp3) is 0.250. The minimum atomic E-state index is -0.933. The Morgan fingerprint density at radius 1 is 1.47 bits per heavy atom. The van der Waals surface area contributed by atoms with Crippen molar-refractivity contribution in [1.29, 1.82) is 0 Å². The van der Waals surface area contributed by atoms with Crippen LogP contribution in [-0.2, 0) is 4.79 Å². The quantitative estimate of drug-likeness (QED) is 0.873. The van der Waals surface area contributed by atoms with E-state index in [-0.39, 0.29) is 0 Å². The first-order valence-electron chi connectivity index (χ1n) is 5.15. The molecule has 1 N–H and O–H groups in total. The summed E-state index contributed by atoms with van der Waals surface area (Å²) in [6, 6.07) is 5.38. The summed E-state index contributed by atoms with van der Waals surface area (Å²) < 4.78 is 5.09. The molecule has 1 atom stereocenters. The molecule has 88 valence electrons. The number of fused-ring (bicyclic) bond motifs is 1. The van der Waals surface area contributed by atoms with Crippen LogP contribution in [0.25, 0.3) is 10.9 Å². The molecule has 0 saturated carbocycles. The lowest BCUT2D eigenvalue weighted by Crippen LogP contribution is -2.11. The number of methoxy groups -OCH3 is 1. The Balaban J connectivity index is 2.48. The molecular formula is C12H12N2O3. The van der Waals surface area contributed by atoms with Crippen molar-refractivity contribution in [2.75, 3.05) is 7.11 Å². The number of benzene rings is 1. The Kier molecular flexibility index (Phi) is 2.91. The van der Waals surface area contributed by atoms with Crippen molar-refractivity contribution in [3.63, 3.8) is 0 Å². The maximum absolute atomic E-state index is 10.8. The zero-order valence-corrected chi connectivity index (χ0v) is 9.54. The van der Waals surface area contributed by atoms with Gasteiger partial charge in [0.1, 0.15) is 17.5 Å². The highest BCUT2D eigenvalue weighted by Crippen LogP contribution is 2.20. The summed E-state index contributed by atoms with van der Waals surface area (Å²) in [4.78, 5) is 19.1. The summed E-state index contributed by atoms with van der Waals surface area (Å²) in [5.74, 6) is -0.602. The third-order valence-corrected chi connectivity index (χ3v) is 2.56. The van der Waals surface area contributed by atoms with Crippen molar-refractivity contribution < 1.29 is 14.6 Å². The van der Waals surface area contributed by atoms with Gasteiger partial charge in [-0.3, -0.25) is 4.79 Å². The fourth-order valence-electron chi connectivity index (χ4n) is 1.47. The molecule has 0 aliphatic rings. The highest BCUT2D eigenvalue weighted by molar-refractivity contribution is 5.80. The third-order valence-electron chi connectivity index (χ3n) is 2.56. The van der Waals surface area contributed by atoms with Crippen LogP contribution in [0.15, 0.2) is 24.4 Å². The smallest absolute Gasteiger partial charge is 0.313 e. The van der Waals surface area contributed by atoms with Gasteiger partial charge >= 0.3 is 5.97 Å². The van der Waals surface area contributed by atoms with Crippen LogP contribution in [0.5, 0.6) is 5.75 Å². The molecule has 0 radical (unpaired) electrons. The molecule has 5 nitrogen and oxygen atoms in total. The Bertz CT molecular complexity index is 569. The molecule has 0 aliphatic heterocycles. The zero-order valence-electron chi connectivity index (χ0n) is 9.54. The van der Waals surface area contributed by atoms with E-state index in [2.05, 4.69) is 9.97 Å². The summed E-state index contributed by atoms with van der Waals surface area (Å²) in [5, 5.41) is 9.71. The number of nitrogens with zero attached hydrogens (tertiary/aromatic N) is 2. The largest absolute Gasteiger partial charge is 0.497 e. The maximum Gasteiger partial charge on any atom is 0.313 e. The summed E-state index contributed by atoms with van der Waals surface area (Å²) in [6.07, 6.45) is 1.61. The van der Waals surface area contributed by atoms with E-state index in [0.717, 1.165) is 11.1 Å². The van der Waals surface area contributed by atoms with Gasteiger partial charge in [-0.25, -0.2) is 9.97 Å². The second kappa shape index (κ2) is 4.37. The fourth-order valence-corrected chi connectivity index (χ4v) is 1.47. The van der Waals surface area contributed by atoms with Crippen LogP contribution in [0.4, 0.5) is 0 Å². The molecule has 0 spiro atoms. The number of carbonyl (C=O) groups is 1. The summed E-state index contributed by atoms with van der Waals surface area (Å²) in [6.45, 7) is 1.56. The van der Waals surface area contributed by atoms with Gasteiger partial charge in [0.05, 0.1) is 12.6 Å². The Hall–Kier alpha value is -2.17. The van der Waals surface area contributed by atoms with E-state index in [0.29, 0.717) is 11.3 Å². The second-order valence-electron chi connectivity index (χ2n) is 3.71. The van der Waals surface area contributed by atoms with Gasteiger partial charge in [-0.1, -0.05) is 0 Å². The Morgan fingerprint density at radius 2 is 2.24 bits per heavy atom. The number of carboxylic acids is 1. The van der Waals surface area contributed by atoms with Gasteiger partial charge in [0.15, 0.2) is 0 Å². The highest BCUT2D eigenvalue weighted by atomic mass is 16.5. The van der Waals surface area contributed by atoms with Crippen molar-refractivity contribution in [3.8, 4) is 5.75 Å². The van der Waals surface area contributed by atoms with Crippen LogP contribution in [0.1, 0.15) is 18.7 Å². The van der Waals surface area contributed by atoms with Gasteiger partial charge in [0.25, 0.3) is 0 Å². The number of hydrogen-bond donors (Lipinski definition) is 1. The molecule has 1 heterocycles. The lowest BCUT2D eigenvalue weighted by molar-refractivity contribution is -0.138. The second-order valence-corrected chi connectivity index (χ2v) is 3.71. The van der Waals surface area contributed by atoms with E-state index in [4.69, 9.17) is 9.84 Å². The normalized spacial score (nSPS) is 12.4. The van der Waals surface area contributed by atoms with Crippen molar-refractivity contribution in [1.82, 2.24) is 9.97 Å². The minimum absolute atomic E-state index is 0.315. The predicted molar refractivity (Wildman–Crippen MR) is 62.1 cm³/mol. The van der Waals surface area contributed by atoms with Crippen LogP contribution in [0.3, 0.4) is 0 Å². The average molecular weight is 232 g/mol. The molecule has 2 aromatic rings. The van der Waals surface area contributed by atoms with Crippen molar-refractivity contribution in [2.24, 2.45) is 0 Å². The Morgan fingerprint density at radius 3 is 2.88 bits per heavy atom. The van der Waals surface area contributed by atoms with Crippen LogP contribution < -0.4 is 4.74 Å². The monoisotopic (exact) mass is 232 g/mol. The highest BCUT2D eigenvalue weighted by Gasteiger charge is 2.16. The van der Waals surface area contributed by atoms with Crippen molar-refractivity contribution >= 4 is 16.9 Å². The third kappa shape index (κ3) is 2.18. The number of hydrogen-bond acceptors (Lipinski definition) is 4. The standard InChI is InChI=1S/C12H12N2O3/c1-7(12(15)16)11-13-6-8-5-9(17-2)3-4-10(8)14-11/h3-7H,1-2H3,(H,15,16). The lowest BCUT2D eigenvalue weighted by atomic mass is 10.1. The average Bonchev–Trinajstić information content (AvgIpc) is 2.36. The number of carboxylic acid groups (broad SMARTS) is 1. The molecule has 0 bridgehead atoms. The maximum atomic E-state index is 10.8. The van der Waals surface area contributed by atoms with E-state index in [1.54, 1.807) is 32.4 Å². The predicted octanol–water partition coefficient (Wildman–Crippen LogP) is 1.83. The van der Waals surface area contributed by atoms with E-state index in [1.807, 2.05) is 6.07 Å². The first kappa shape index (κ1) is 11.3.